The van der Waals surface area contributed by atoms with Gasteiger partial charge in [0.15, 0.2) is 0 Å². The van der Waals surface area contributed by atoms with Gasteiger partial charge in [0.1, 0.15) is 0 Å². The van der Waals surface area contributed by atoms with Gasteiger partial charge in [0.2, 0.25) is 5.91 Å². The minimum atomic E-state index is -0.557. The second kappa shape index (κ2) is 6.84. The molecule has 2 aliphatic rings. The van der Waals surface area contributed by atoms with Gasteiger partial charge in [0, 0.05) is 35.1 Å². The maximum absolute atomic E-state index is 12.4. The van der Waals surface area contributed by atoms with Crippen LogP contribution < -0.4 is 0 Å². The van der Waals surface area contributed by atoms with Crippen molar-refractivity contribution in [1.82, 2.24) is 4.90 Å². The Balaban J connectivity index is 1.65. The van der Waals surface area contributed by atoms with Crippen LogP contribution in [0.1, 0.15) is 37.7 Å². The maximum Gasteiger partial charge on any atom is 0.246 e. The van der Waals surface area contributed by atoms with Crippen molar-refractivity contribution in [2.24, 2.45) is 5.92 Å². The van der Waals surface area contributed by atoms with Crippen molar-refractivity contribution >= 4 is 35.2 Å². The summed E-state index contributed by atoms with van der Waals surface area (Å²) in [5.74, 6) is 0.185. The summed E-state index contributed by atoms with van der Waals surface area (Å²) in [6.45, 7) is 1.26. The molecule has 1 heterocycles. The molecule has 1 aliphatic carbocycles. The lowest BCUT2D eigenvalue weighted by atomic mass is 9.71. The predicted molar refractivity (Wildman–Crippen MR) is 93.6 cm³/mol. The van der Waals surface area contributed by atoms with Gasteiger partial charge in [-0.1, -0.05) is 42.1 Å². The second-order valence-electron chi connectivity index (χ2n) is 6.58. The first-order valence-electron chi connectivity index (χ1n) is 8.12. The van der Waals surface area contributed by atoms with E-state index in [1.807, 2.05) is 4.90 Å². The molecular formula is C18H21Cl2NO2. The number of carbonyl (C=O) groups excluding carboxylic acids is 1. The molecule has 1 saturated heterocycles. The number of rotatable bonds is 2. The summed E-state index contributed by atoms with van der Waals surface area (Å²) >= 11 is 12.0. The Hall–Kier alpha value is -1.03. The molecule has 2 atom stereocenters. The van der Waals surface area contributed by atoms with Gasteiger partial charge in [-0.2, -0.15) is 0 Å². The zero-order valence-electron chi connectivity index (χ0n) is 13.0. The summed E-state index contributed by atoms with van der Waals surface area (Å²) in [5, 5.41) is 11.8. The quantitative estimate of drug-likeness (QED) is 0.811. The molecule has 0 bridgehead atoms. The van der Waals surface area contributed by atoms with Gasteiger partial charge in [-0.3, -0.25) is 4.79 Å². The fourth-order valence-electron chi connectivity index (χ4n) is 3.67. The standard InChI is InChI=1S/C18H21Cl2NO2/c19-15-6-4-13(16(20)11-15)5-7-17(22)21-10-9-18(23)8-2-1-3-14(18)12-21/h4-7,11,14,23H,1-3,8-10,12H2/t14-,18-/m0/s1. The Kier molecular flexibility index (Phi) is 5.00. The highest BCUT2D eigenvalue weighted by atomic mass is 35.5. The van der Waals surface area contributed by atoms with E-state index in [0.29, 0.717) is 29.6 Å². The molecule has 1 saturated carbocycles. The lowest BCUT2D eigenvalue weighted by Gasteiger charge is -2.47. The third kappa shape index (κ3) is 3.73. The van der Waals surface area contributed by atoms with Crippen LogP contribution >= 0.6 is 23.2 Å². The monoisotopic (exact) mass is 353 g/mol. The number of hydrogen-bond donors (Lipinski definition) is 1. The van der Waals surface area contributed by atoms with Crippen molar-refractivity contribution in [2.45, 2.75) is 37.7 Å². The number of halogens is 2. The first-order chi connectivity index (χ1) is 11.0. The SMILES string of the molecule is O=C(C=Cc1ccc(Cl)cc1Cl)N1CC[C@@]2(O)CCCC[C@H]2C1. The van der Waals surface area contributed by atoms with Crippen molar-refractivity contribution in [3.05, 3.63) is 39.9 Å². The van der Waals surface area contributed by atoms with Crippen LogP contribution in [0.15, 0.2) is 24.3 Å². The highest BCUT2D eigenvalue weighted by Crippen LogP contribution is 2.39. The van der Waals surface area contributed by atoms with Crippen molar-refractivity contribution in [3.63, 3.8) is 0 Å². The zero-order valence-corrected chi connectivity index (χ0v) is 14.5. The molecule has 23 heavy (non-hydrogen) atoms. The Morgan fingerprint density at radius 3 is 2.91 bits per heavy atom. The van der Waals surface area contributed by atoms with Gasteiger partial charge in [-0.25, -0.2) is 0 Å². The van der Waals surface area contributed by atoms with Crippen LogP contribution in [0.25, 0.3) is 6.08 Å². The van der Waals surface area contributed by atoms with E-state index in [1.54, 1.807) is 30.4 Å². The third-order valence-corrected chi connectivity index (χ3v) is 5.67. The summed E-state index contributed by atoms with van der Waals surface area (Å²) in [5.41, 5.74) is 0.216. The number of fused-ring (bicyclic) bond motifs is 1. The fraction of sp³-hybridized carbons (Fsp3) is 0.500. The summed E-state index contributed by atoms with van der Waals surface area (Å²) < 4.78 is 0. The average Bonchev–Trinajstić information content (AvgIpc) is 2.53. The molecule has 1 aromatic carbocycles. The van der Waals surface area contributed by atoms with Gasteiger partial charge in [0.05, 0.1) is 5.60 Å². The van der Waals surface area contributed by atoms with E-state index in [1.165, 1.54) is 0 Å². The summed E-state index contributed by atoms with van der Waals surface area (Å²) in [7, 11) is 0. The van der Waals surface area contributed by atoms with Gasteiger partial charge in [-0.15, -0.1) is 0 Å². The van der Waals surface area contributed by atoms with Crippen LogP contribution in [0, 0.1) is 5.92 Å². The molecule has 3 nitrogen and oxygen atoms in total. The molecule has 3 rings (SSSR count). The number of likely N-dealkylation sites (tertiary alicyclic amines) is 1. The molecule has 1 amide bonds. The van der Waals surface area contributed by atoms with Crippen molar-refractivity contribution in [1.29, 1.82) is 0 Å². The van der Waals surface area contributed by atoms with Gasteiger partial charge >= 0.3 is 0 Å². The highest BCUT2D eigenvalue weighted by molar-refractivity contribution is 6.35. The Bertz CT molecular complexity index is 631. The van der Waals surface area contributed by atoms with E-state index in [0.717, 1.165) is 31.2 Å². The molecule has 124 valence electrons. The molecule has 1 N–H and O–H groups in total. The van der Waals surface area contributed by atoms with E-state index in [9.17, 15) is 9.90 Å². The van der Waals surface area contributed by atoms with E-state index in [2.05, 4.69) is 0 Å². The molecule has 0 radical (unpaired) electrons. The number of carbonyl (C=O) groups is 1. The summed E-state index contributed by atoms with van der Waals surface area (Å²) in [6.07, 6.45) is 8.08. The lowest BCUT2D eigenvalue weighted by Crippen LogP contribution is -2.54. The van der Waals surface area contributed by atoms with Crippen LogP contribution in [0.5, 0.6) is 0 Å². The zero-order chi connectivity index (χ0) is 16.4. The summed E-state index contributed by atoms with van der Waals surface area (Å²) in [4.78, 5) is 14.3. The second-order valence-corrected chi connectivity index (χ2v) is 7.42. The highest BCUT2D eigenvalue weighted by Gasteiger charge is 2.43. The van der Waals surface area contributed by atoms with Crippen LogP contribution in [-0.4, -0.2) is 34.6 Å². The number of nitrogens with zero attached hydrogens (tertiary/aromatic N) is 1. The molecule has 0 spiro atoms. The van der Waals surface area contributed by atoms with Crippen LogP contribution in [-0.2, 0) is 4.79 Å². The molecule has 1 aromatic rings. The number of aliphatic hydroxyl groups is 1. The number of amides is 1. The summed E-state index contributed by atoms with van der Waals surface area (Å²) in [6, 6.07) is 5.21. The molecule has 0 aromatic heterocycles. The normalized spacial score (nSPS) is 28.0. The molecule has 2 fully saturated rings. The van der Waals surface area contributed by atoms with Crippen molar-refractivity contribution in [2.75, 3.05) is 13.1 Å². The smallest absolute Gasteiger partial charge is 0.246 e. The molecular weight excluding hydrogens is 333 g/mol. The molecule has 5 heteroatoms. The van der Waals surface area contributed by atoms with Gasteiger partial charge < -0.3 is 10.0 Å². The van der Waals surface area contributed by atoms with E-state index >= 15 is 0 Å². The van der Waals surface area contributed by atoms with Crippen LogP contribution in [0.4, 0.5) is 0 Å². The van der Waals surface area contributed by atoms with Crippen molar-refractivity contribution in [3.8, 4) is 0 Å². The van der Waals surface area contributed by atoms with Gasteiger partial charge in [0.25, 0.3) is 0 Å². The Morgan fingerprint density at radius 1 is 1.30 bits per heavy atom. The Morgan fingerprint density at radius 2 is 2.13 bits per heavy atom. The first-order valence-corrected chi connectivity index (χ1v) is 8.88. The molecule has 0 unspecified atom stereocenters. The predicted octanol–water partition coefficient (Wildman–Crippen LogP) is 4.16. The van der Waals surface area contributed by atoms with E-state index in [-0.39, 0.29) is 11.8 Å². The number of piperidine rings is 1. The number of benzene rings is 1. The molecule has 1 aliphatic heterocycles. The minimum absolute atomic E-state index is 0.0244. The average molecular weight is 354 g/mol. The van der Waals surface area contributed by atoms with Crippen LogP contribution in [0.3, 0.4) is 0 Å². The minimum Gasteiger partial charge on any atom is -0.389 e. The van der Waals surface area contributed by atoms with Crippen molar-refractivity contribution < 1.29 is 9.90 Å². The Labute approximate surface area is 146 Å². The number of hydrogen-bond acceptors (Lipinski definition) is 2. The maximum atomic E-state index is 12.4. The third-order valence-electron chi connectivity index (χ3n) is 5.11. The van der Waals surface area contributed by atoms with Crippen LogP contribution in [0.2, 0.25) is 10.0 Å². The lowest BCUT2D eigenvalue weighted by molar-refractivity contribution is -0.138. The topological polar surface area (TPSA) is 40.5 Å². The van der Waals surface area contributed by atoms with E-state index < -0.39 is 5.60 Å². The van der Waals surface area contributed by atoms with E-state index in [4.69, 9.17) is 23.2 Å². The fourth-order valence-corrected chi connectivity index (χ4v) is 4.15. The largest absolute Gasteiger partial charge is 0.389 e. The first kappa shape index (κ1) is 16.8. The van der Waals surface area contributed by atoms with Gasteiger partial charge in [-0.05, 0) is 43.0 Å².